The third-order valence-corrected chi connectivity index (χ3v) is 3.53. The Bertz CT molecular complexity index is 461. The number of carbonyl (C=O) groups is 2. The molecular weight excluding hydrogens is 254 g/mol. The van der Waals surface area contributed by atoms with Crippen LogP contribution in [-0.4, -0.2) is 29.9 Å². The van der Waals surface area contributed by atoms with E-state index in [1.165, 1.54) is 0 Å². The molecule has 5 heteroatoms. The first kappa shape index (κ1) is 14.5. The van der Waals surface area contributed by atoms with E-state index in [-0.39, 0.29) is 17.7 Å². The Morgan fingerprint density at radius 3 is 2.75 bits per heavy atom. The van der Waals surface area contributed by atoms with Gasteiger partial charge in [0.25, 0.3) is 0 Å². The first-order valence-corrected chi connectivity index (χ1v) is 7.11. The average Bonchev–Trinajstić information content (AvgIpc) is 3.17. The summed E-state index contributed by atoms with van der Waals surface area (Å²) in [5.41, 5.74) is 0.962. The minimum absolute atomic E-state index is 0.0370. The van der Waals surface area contributed by atoms with Gasteiger partial charge in [-0.2, -0.15) is 0 Å². The number of pyridine rings is 1. The number of nitrogens with one attached hydrogen (secondary N) is 2. The smallest absolute Gasteiger partial charge is 0.223 e. The minimum Gasteiger partial charge on any atom is -0.356 e. The molecule has 1 aromatic rings. The molecule has 1 heterocycles. The topological polar surface area (TPSA) is 71.1 Å². The summed E-state index contributed by atoms with van der Waals surface area (Å²) >= 11 is 0. The van der Waals surface area contributed by atoms with Crippen molar-refractivity contribution in [3.63, 3.8) is 0 Å². The maximum Gasteiger partial charge on any atom is 0.223 e. The van der Waals surface area contributed by atoms with Crippen LogP contribution in [-0.2, 0) is 16.0 Å². The maximum atomic E-state index is 11.6. The third-order valence-electron chi connectivity index (χ3n) is 3.53. The van der Waals surface area contributed by atoms with E-state index in [2.05, 4.69) is 22.5 Å². The van der Waals surface area contributed by atoms with Crippen LogP contribution in [0.25, 0.3) is 0 Å². The molecule has 1 fully saturated rings. The highest BCUT2D eigenvalue weighted by Gasteiger charge is 2.38. The molecule has 1 aliphatic rings. The summed E-state index contributed by atoms with van der Waals surface area (Å²) in [6, 6.07) is 5.73. The predicted octanol–water partition coefficient (Wildman–Crippen LogP) is 0.903. The van der Waals surface area contributed by atoms with E-state index in [0.717, 1.165) is 18.5 Å². The van der Waals surface area contributed by atoms with Gasteiger partial charge < -0.3 is 10.6 Å². The fourth-order valence-electron chi connectivity index (χ4n) is 2.08. The van der Waals surface area contributed by atoms with Crippen LogP contribution in [0, 0.1) is 11.8 Å². The Morgan fingerprint density at radius 1 is 1.30 bits per heavy atom. The molecule has 0 unspecified atom stereocenters. The van der Waals surface area contributed by atoms with Crippen LogP contribution in [0.3, 0.4) is 0 Å². The standard InChI is InChI=1S/C15H21N3O2/c1-11-10-13(11)15(20)18-9-6-14(19)17-8-5-12-4-2-3-7-16-12/h2-4,7,11,13H,5-6,8-10H2,1H3,(H,17,19)(H,18,20)/t11-,13-/m1/s1. The summed E-state index contributed by atoms with van der Waals surface area (Å²) in [6.07, 6.45) is 3.77. The Labute approximate surface area is 119 Å². The Morgan fingerprint density at radius 2 is 2.10 bits per heavy atom. The Balaban J connectivity index is 1.53. The molecule has 1 saturated carbocycles. The molecule has 0 radical (unpaired) electrons. The van der Waals surface area contributed by atoms with E-state index in [9.17, 15) is 9.59 Å². The molecule has 5 nitrogen and oxygen atoms in total. The minimum atomic E-state index is -0.0370. The number of carbonyl (C=O) groups excluding carboxylic acids is 2. The van der Waals surface area contributed by atoms with Crippen molar-refractivity contribution in [2.45, 2.75) is 26.2 Å². The largest absolute Gasteiger partial charge is 0.356 e. The van der Waals surface area contributed by atoms with Gasteiger partial charge in [-0.05, 0) is 24.5 Å². The van der Waals surface area contributed by atoms with Crippen LogP contribution >= 0.6 is 0 Å². The lowest BCUT2D eigenvalue weighted by Gasteiger charge is -2.06. The number of rotatable bonds is 7. The highest BCUT2D eigenvalue weighted by Crippen LogP contribution is 2.37. The van der Waals surface area contributed by atoms with Crippen LogP contribution in [0.1, 0.15) is 25.5 Å². The SMILES string of the molecule is C[C@@H]1C[C@H]1C(=O)NCCC(=O)NCCc1ccccn1. The summed E-state index contributed by atoms with van der Waals surface area (Å²) < 4.78 is 0. The Kier molecular flexibility index (Phi) is 5.09. The highest BCUT2D eigenvalue weighted by atomic mass is 16.2. The molecule has 2 N–H and O–H groups in total. The zero-order valence-corrected chi connectivity index (χ0v) is 11.8. The molecule has 0 aliphatic heterocycles. The summed E-state index contributed by atoms with van der Waals surface area (Å²) in [6.45, 7) is 3.05. The third kappa shape index (κ3) is 4.64. The second kappa shape index (κ2) is 7.03. The van der Waals surface area contributed by atoms with Gasteiger partial charge in [-0.3, -0.25) is 14.6 Å². The molecule has 0 aromatic carbocycles. The summed E-state index contributed by atoms with van der Waals surface area (Å²) in [5.74, 6) is 0.716. The molecule has 1 aliphatic carbocycles. The van der Waals surface area contributed by atoms with Gasteiger partial charge in [-0.1, -0.05) is 13.0 Å². The van der Waals surface area contributed by atoms with E-state index in [1.807, 2.05) is 18.2 Å². The predicted molar refractivity (Wildman–Crippen MR) is 75.8 cm³/mol. The van der Waals surface area contributed by atoms with Gasteiger partial charge in [-0.15, -0.1) is 0 Å². The second-order valence-electron chi connectivity index (χ2n) is 5.28. The fraction of sp³-hybridized carbons (Fsp3) is 0.533. The number of aromatic nitrogens is 1. The van der Waals surface area contributed by atoms with E-state index >= 15 is 0 Å². The number of hydrogen-bond donors (Lipinski definition) is 2. The zero-order chi connectivity index (χ0) is 14.4. The van der Waals surface area contributed by atoms with Gasteiger partial charge >= 0.3 is 0 Å². The first-order valence-electron chi connectivity index (χ1n) is 7.11. The van der Waals surface area contributed by atoms with Crippen LogP contribution in [0.2, 0.25) is 0 Å². The lowest BCUT2D eigenvalue weighted by Crippen LogP contribution is -2.32. The van der Waals surface area contributed by atoms with Crippen molar-refractivity contribution in [3.05, 3.63) is 30.1 Å². The van der Waals surface area contributed by atoms with Gasteiger partial charge in [0.15, 0.2) is 0 Å². The van der Waals surface area contributed by atoms with Crippen LogP contribution in [0.4, 0.5) is 0 Å². The normalized spacial score (nSPS) is 20.2. The fourth-order valence-corrected chi connectivity index (χ4v) is 2.08. The van der Waals surface area contributed by atoms with Crippen molar-refractivity contribution in [2.75, 3.05) is 13.1 Å². The van der Waals surface area contributed by atoms with Gasteiger partial charge in [0.05, 0.1) is 0 Å². The van der Waals surface area contributed by atoms with Crippen molar-refractivity contribution in [2.24, 2.45) is 11.8 Å². The van der Waals surface area contributed by atoms with Gasteiger partial charge in [0.1, 0.15) is 0 Å². The lowest BCUT2D eigenvalue weighted by atomic mass is 10.2. The van der Waals surface area contributed by atoms with E-state index in [0.29, 0.717) is 25.4 Å². The molecule has 0 saturated heterocycles. The van der Waals surface area contributed by atoms with E-state index < -0.39 is 0 Å². The number of amides is 2. The van der Waals surface area contributed by atoms with Crippen molar-refractivity contribution in [1.82, 2.24) is 15.6 Å². The monoisotopic (exact) mass is 275 g/mol. The molecule has 108 valence electrons. The molecule has 0 spiro atoms. The van der Waals surface area contributed by atoms with Crippen molar-refractivity contribution in [3.8, 4) is 0 Å². The van der Waals surface area contributed by atoms with Crippen LogP contribution in [0.5, 0.6) is 0 Å². The molecule has 2 amide bonds. The molecule has 20 heavy (non-hydrogen) atoms. The molecule has 1 aromatic heterocycles. The number of hydrogen-bond acceptors (Lipinski definition) is 3. The van der Waals surface area contributed by atoms with Gasteiger partial charge in [0, 0.05) is 43.7 Å². The molecule has 0 bridgehead atoms. The zero-order valence-electron chi connectivity index (χ0n) is 11.8. The highest BCUT2D eigenvalue weighted by molar-refractivity contribution is 5.82. The summed E-state index contributed by atoms with van der Waals surface area (Å²) in [7, 11) is 0. The van der Waals surface area contributed by atoms with Crippen molar-refractivity contribution < 1.29 is 9.59 Å². The molecular formula is C15H21N3O2. The summed E-state index contributed by atoms with van der Waals surface area (Å²) in [4.78, 5) is 27.3. The maximum absolute atomic E-state index is 11.6. The van der Waals surface area contributed by atoms with Gasteiger partial charge in [0.2, 0.25) is 11.8 Å². The average molecular weight is 275 g/mol. The second-order valence-corrected chi connectivity index (χ2v) is 5.28. The first-order chi connectivity index (χ1) is 9.66. The quantitative estimate of drug-likeness (QED) is 0.777. The van der Waals surface area contributed by atoms with Crippen molar-refractivity contribution >= 4 is 11.8 Å². The molecule has 2 rings (SSSR count). The van der Waals surface area contributed by atoms with Gasteiger partial charge in [-0.25, -0.2) is 0 Å². The lowest BCUT2D eigenvalue weighted by molar-refractivity contribution is -0.123. The van der Waals surface area contributed by atoms with E-state index in [4.69, 9.17) is 0 Å². The summed E-state index contributed by atoms with van der Waals surface area (Å²) in [5, 5.41) is 5.63. The van der Waals surface area contributed by atoms with Crippen LogP contribution < -0.4 is 10.6 Å². The van der Waals surface area contributed by atoms with Crippen LogP contribution in [0.15, 0.2) is 24.4 Å². The van der Waals surface area contributed by atoms with Crippen molar-refractivity contribution in [1.29, 1.82) is 0 Å². The van der Waals surface area contributed by atoms with E-state index in [1.54, 1.807) is 6.20 Å². The Hall–Kier alpha value is -1.91. The molecule has 2 atom stereocenters. The number of nitrogens with zero attached hydrogens (tertiary/aromatic N) is 1.